The van der Waals surface area contributed by atoms with Crippen LogP contribution >= 0.6 is 0 Å². The number of hydrogen-bond donors (Lipinski definition) is 3. The number of fused-ring (bicyclic) bond motifs is 1. The van der Waals surface area contributed by atoms with Crippen LogP contribution in [-0.2, 0) is 6.54 Å². The van der Waals surface area contributed by atoms with Crippen LogP contribution in [0, 0.1) is 6.92 Å². The average molecular weight is 308 g/mol. The second-order valence-electron chi connectivity index (χ2n) is 6.27. The van der Waals surface area contributed by atoms with Gasteiger partial charge in [-0.15, -0.1) is 0 Å². The maximum absolute atomic E-state index is 10.3. The Labute approximate surface area is 137 Å². The van der Waals surface area contributed by atoms with E-state index in [1.165, 1.54) is 22.2 Å². The van der Waals surface area contributed by atoms with E-state index in [1.54, 1.807) is 0 Å². The highest BCUT2D eigenvalue weighted by molar-refractivity contribution is 5.83. The zero-order valence-electron chi connectivity index (χ0n) is 13.7. The molecule has 3 aromatic rings. The Morgan fingerprint density at radius 1 is 1.09 bits per heavy atom. The summed E-state index contributed by atoms with van der Waals surface area (Å²) in [6.07, 6.45) is 0.271. The number of hydrogen-bond acceptors (Lipinski definition) is 2. The van der Waals surface area contributed by atoms with Crippen molar-refractivity contribution in [2.24, 2.45) is 0 Å². The highest BCUT2D eigenvalue weighted by atomic mass is 16.3. The maximum Gasteiger partial charge on any atom is 0.0804 e. The summed E-state index contributed by atoms with van der Waals surface area (Å²) in [4.78, 5) is 3.45. The average Bonchev–Trinajstić information content (AvgIpc) is 2.98. The number of aliphatic hydroxyl groups is 1. The van der Waals surface area contributed by atoms with Crippen LogP contribution < -0.4 is 5.32 Å². The SMILES string of the molecule is Cc1cccc2[nH]c(CNC(C)CC(O)c3ccccc3)cc12. The maximum atomic E-state index is 10.3. The standard InChI is InChI=1S/C20H24N2O/c1-14-7-6-10-19-18(14)12-17(22-19)13-21-15(2)11-20(23)16-8-4-3-5-9-16/h3-10,12,15,20-23H,11,13H2,1-2H3. The third-order valence-corrected chi connectivity index (χ3v) is 4.34. The largest absolute Gasteiger partial charge is 0.388 e. The van der Waals surface area contributed by atoms with Gasteiger partial charge in [0.1, 0.15) is 0 Å². The molecule has 0 amide bonds. The van der Waals surface area contributed by atoms with Crippen LogP contribution in [0.3, 0.4) is 0 Å². The molecule has 0 radical (unpaired) electrons. The third kappa shape index (κ3) is 3.81. The Morgan fingerprint density at radius 2 is 1.87 bits per heavy atom. The second-order valence-corrected chi connectivity index (χ2v) is 6.27. The first kappa shape index (κ1) is 15.8. The second kappa shape index (κ2) is 6.99. The predicted molar refractivity (Wildman–Crippen MR) is 95.4 cm³/mol. The Bertz CT molecular complexity index is 764. The molecule has 0 aliphatic heterocycles. The summed E-state index contributed by atoms with van der Waals surface area (Å²) < 4.78 is 0. The highest BCUT2D eigenvalue weighted by Crippen LogP contribution is 2.20. The van der Waals surface area contributed by atoms with E-state index in [-0.39, 0.29) is 6.04 Å². The quantitative estimate of drug-likeness (QED) is 0.642. The molecule has 3 N–H and O–H groups in total. The number of H-pyrrole nitrogens is 1. The normalized spacial score (nSPS) is 14.0. The molecule has 3 nitrogen and oxygen atoms in total. The molecular formula is C20H24N2O. The Kier molecular flexibility index (Phi) is 4.79. The van der Waals surface area contributed by atoms with Crippen molar-refractivity contribution in [2.75, 3.05) is 0 Å². The molecule has 3 rings (SSSR count). The topological polar surface area (TPSA) is 48.0 Å². The van der Waals surface area contributed by atoms with Gasteiger partial charge in [-0.1, -0.05) is 42.5 Å². The molecule has 3 heteroatoms. The lowest BCUT2D eigenvalue weighted by Crippen LogP contribution is -2.27. The van der Waals surface area contributed by atoms with Gasteiger partial charge in [-0.25, -0.2) is 0 Å². The first-order chi connectivity index (χ1) is 11.1. The van der Waals surface area contributed by atoms with Crippen LogP contribution in [0.25, 0.3) is 10.9 Å². The van der Waals surface area contributed by atoms with Gasteiger partial charge in [-0.05, 0) is 43.5 Å². The predicted octanol–water partition coefficient (Wildman–Crippen LogP) is 4.08. The van der Waals surface area contributed by atoms with Crippen LogP contribution in [0.1, 0.15) is 36.3 Å². The Morgan fingerprint density at radius 3 is 2.61 bits per heavy atom. The van der Waals surface area contributed by atoms with Crippen molar-refractivity contribution in [2.45, 2.75) is 39.0 Å². The lowest BCUT2D eigenvalue weighted by atomic mass is 10.0. The van der Waals surface area contributed by atoms with E-state index in [9.17, 15) is 5.11 Å². The Balaban J connectivity index is 1.57. The van der Waals surface area contributed by atoms with Gasteiger partial charge in [0.25, 0.3) is 0 Å². The minimum absolute atomic E-state index is 0.234. The number of rotatable bonds is 6. The molecule has 1 heterocycles. The molecule has 0 spiro atoms. The van der Waals surface area contributed by atoms with Gasteiger partial charge >= 0.3 is 0 Å². The molecule has 0 aliphatic rings. The van der Waals surface area contributed by atoms with E-state index < -0.39 is 6.10 Å². The minimum atomic E-state index is -0.427. The summed E-state index contributed by atoms with van der Waals surface area (Å²) in [6.45, 7) is 5.02. The van der Waals surface area contributed by atoms with Gasteiger partial charge in [-0.3, -0.25) is 0 Å². The fourth-order valence-electron chi connectivity index (χ4n) is 2.97. The molecule has 0 saturated heterocycles. The lowest BCUT2D eigenvalue weighted by molar-refractivity contribution is 0.154. The van der Waals surface area contributed by atoms with Gasteiger partial charge < -0.3 is 15.4 Å². The molecule has 2 aromatic carbocycles. The molecule has 0 bridgehead atoms. The molecule has 0 saturated carbocycles. The fraction of sp³-hybridized carbons (Fsp3) is 0.300. The summed E-state index contributed by atoms with van der Waals surface area (Å²) >= 11 is 0. The van der Waals surface area contributed by atoms with Crippen molar-refractivity contribution in [1.29, 1.82) is 0 Å². The minimum Gasteiger partial charge on any atom is -0.388 e. The van der Waals surface area contributed by atoms with Crippen LogP contribution in [0.15, 0.2) is 54.6 Å². The molecule has 1 aromatic heterocycles. The van der Waals surface area contributed by atoms with Gasteiger partial charge in [0, 0.05) is 29.2 Å². The molecule has 0 aliphatic carbocycles. The number of aliphatic hydroxyl groups excluding tert-OH is 1. The molecule has 23 heavy (non-hydrogen) atoms. The monoisotopic (exact) mass is 308 g/mol. The molecule has 0 fully saturated rings. The number of aromatic nitrogens is 1. The Hall–Kier alpha value is -2.10. The first-order valence-corrected chi connectivity index (χ1v) is 8.17. The van der Waals surface area contributed by atoms with Crippen molar-refractivity contribution >= 4 is 10.9 Å². The van der Waals surface area contributed by atoms with Crippen molar-refractivity contribution in [3.63, 3.8) is 0 Å². The third-order valence-electron chi connectivity index (χ3n) is 4.34. The lowest BCUT2D eigenvalue weighted by Gasteiger charge is -2.18. The summed E-state index contributed by atoms with van der Waals surface area (Å²) in [5.41, 5.74) is 4.62. The van der Waals surface area contributed by atoms with Crippen LogP contribution in [0.2, 0.25) is 0 Å². The first-order valence-electron chi connectivity index (χ1n) is 8.17. The van der Waals surface area contributed by atoms with E-state index in [2.05, 4.69) is 48.4 Å². The van der Waals surface area contributed by atoms with Crippen LogP contribution in [0.5, 0.6) is 0 Å². The zero-order valence-corrected chi connectivity index (χ0v) is 13.7. The van der Waals surface area contributed by atoms with E-state index in [1.807, 2.05) is 30.3 Å². The molecule has 2 unspecified atom stereocenters. The van der Waals surface area contributed by atoms with E-state index in [4.69, 9.17) is 0 Å². The number of aryl methyl sites for hydroxylation is 1. The highest BCUT2D eigenvalue weighted by Gasteiger charge is 2.12. The summed E-state index contributed by atoms with van der Waals surface area (Å²) in [7, 11) is 0. The van der Waals surface area contributed by atoms with Crippen molar-refractivity contribution in [3.05, 3.63) is 71.4 Å². The van der Waals surface area contributed by atoms with Gasteiger partial charge in [0.2, 0.25) is 0 Å². The van der Waals surface area contributed by atoms with Gasteiger partial charge in [-0.2, -0.15) is 0 Å². The molecule has 2 atom stereocenters. The van der Waals surface area contributed by atoms with Gasteiger partial charge in [0.05, 0.1) is 6.10 Å². The summed E-state index contributed by atoms with van der Waals surface area (Å²) in [5, 5.41) is 15.1. The van der Waals surface area contributed by atoms with Crippen LogP contribution in [-0.4, -0.2) is 16.1 Å². The fourth-order valence-corrected chi connectivity index (χ4v) is 2.97. The smallest absolute Gasteiger partial charge is 0.0804 e. The van der Waals surface area contributed by atoms with E-state index >= 15 is 0 Å². The number of benzene rings is 2. The zero-order chi connectivity index (χ0) is 16.2. The molecular weight excluding hydrogens is 284 g/mol. The van der Waals surface area contributed by atoms with Crippen molar-refractivity contribution in [1.82, 2.24) is 10.3 Å². The van der Waals surface area contributed by atoms with Gasteiger partial charge in [0.15, 0.2) is 0 Å². The van der Waals surface area contributed by atoms with E-state index in [0.717, 1.165) is 12.1 Å². The molecule has 120 valence electrons. The summed E-state index contributed by atoms with van der Waals surface area (Å²) in [6, 6.07) is 18.6. The van der Waals surface area contributed by atoms with Crippen molar-refractivity contribution < 1.29 is 5.11 Å². The van der Waals surface area contributed by atoms with Crippen molar-refractivity contribution in [3.8, 4) is 0 Å². The van der Waals surface area contributed by atoms with E-state index in [0.29, 0.717) is 6.42 Å². The number of nitrogens with one attached hydrogen (secondary N) is 2. The summed E-state index contributed by atoms with van der Waals surface area (Å²) in [5.74, 6) is 0. The van der Waals surface area contributed by atoms with Crippen LogP contribution in [0.4, 0.5) is 0 Å². The number of aromatic amines is 1.